The van der Waals surface area contributed by atoms with E-state index in [4.69, 9.17) is 9.84 Å². The highest BCUT2D eigenvalue weighted by Gasteiger charge is 2.36. The number of hydrogen-bond acceptors (Lipinski definition) is 5. The molecule has 1 aliphatic rings. The smallest absolute Gasteiger partial charge is 0.407 e. The van der Waals surface area contributed by atoms with Gasteiger partial charge in [0, 0.05) is 12.5 Å². The summed E-state index contributed by atoms with van der Waals surface area (Å²) in [5, 5.41) is 23.9. The number of ether oxygens (including phenoxy) is 1. The Kier molecular flexibility index (Phi) is 7.07. The molecule has 8 heteroatoms. The number of alkyl carbamates (subject to hydrolysis) is 1. The van der Waals surface area contributed by atoms with E-state index in [1.165, 1.54) is 0 Å². The van der Waals surface area contributed by atoms with Gasteiger partial charge in [-0.25, -0.2) is 9.59 Å². The lowest BCUT2D eigenvalue weighted by Gasteiger charge is -2.29. The Hall–Kier alpha value is -3.39. The molecule has 0 aliphatic heterocycles. The molecule has 2 amide bonds. The molecule has 2 unspecified atom stereocenters. The van der Waals surface area contributed by atoms with E-state index in [1.807, 2.05) is 36.4 Å². The number of carboxylic acid groups (broad SMARTS) is 1. The van der Waals surface area contributed by atoms with Gasteiger partial charge in [-0.3, -0.25) is 4.79 Å². The Morgan fingerprint density at radius 2 is 1.48 bits per heavy atom. The number of carbonyl (C=O) groups is 3. The summed E-state index contributed by atoms with van der Waals surface area (Å²) >= 11 is 0. The minimum atomic E-state index is -2.08. The van der Waals surface area contributed by atoms with E-state index in [0.29, 0.717) is 6.42 Å². The standard InChI is InChI=1S/C25H30N2O6/c1-4-24(2,21(28)26-15-25(3,32)22(29)30)14-27-23(31)33-13-20-18-11-7-5-9-16(18)17-10-6-8-12-19(17)20/h5-12,20,32H,4,13-15H2,1-3H3,(H,26,28)(H,27,31)(H,29,30). The Morgan fingerprint density at radius 1 is 0.939 bits per heavy atom. The van der Waals surface area contributed by atoms with E-state index in [1.54, 1.807) is 13.8 Å². The van der Waals surface area contributed by atoms with Gasteiger partial charge in [-0.05, 0) is 42.5 Å². The van der Waals surface area contributed by atoms with Gasteiger partial charge >= 0.3 is 12.1 Å². The van der Waals surface area contributed by atoms with Crippen molar-refractivity contribution in [3.05, 3.63) is 59.7 Å². The fourth-order valence-electron chi connectivity index (χ4n) is 3.82. The lowest BCUT2D eigenvalue weighted by Crippen LogP contribution is -2.52. The quantitative estimate of drug-likeness (QED) is 0.462. The molecular weight excluding hydrogens is 424 g/mol. The minimum Gasteiger partial charge on any atom is -0.479 e. The zero-order valence-corrected chi connectivity index (χ0v) is 19.1. The van der Waals surface area contributed by atoms with Crippen molar-refractivity contribution in [2.75, 3.05) is 19.7 Å². The average Bonchev–Trinajstić information content (AvgIpc) is 3.13. The molecule has 3 rings (SSSR count). The highest BCUT2D eigenvalue weighted by molar-refractivity contribution is 5.84. The Bertz CT molecular complexity index is 1010. The largest absolute Gasteiger partial charge is 0.479 e. The molecule has 2 aromatic carbocycles. The van der Waals surface area contributed by atoms with Crippen LogP contribution in [0.4, 0.5) is 4.79 Å². The maximum Gasteiger partial charge on any atom is 0.407 e. The molecule has 1 aliphatic carbocycles. The Morgan fingerprint density at radius 3 is 2.00 bits per heavy atom. The average molecular weight is 455 g/mol. The van der Waals surface area contributed by atoms with E-state index in [0.717, 1.165) is 29.2 Å². The molecule has 33 heavy (non-hydrogen) atoms. The molecule has 8 nitrogen and oxygen atoms in total. The molecule has 0 aromatic heterocycles. The molecule has 0 saturated heterocycles. The highest BCUT2D eigenvalue weighted by atomic mass is 16.5. The second kappa shape index (κ2) is 9.62. The van der Waals surface area contributed by atoms with Crippen molar-refractivity contribution in [3.63, 3.8) is 0 Å². The van der Waals surface area contributed by atoms with E-state index < -0.39 is 35.5 Å². The second-order valence-corrected chi connectivity index (χ2v) is 8.85. The van der Waals surface area contributed by atoms with Crippen LogP contribution < -0.4 is 10.6 Å². The van der Waals surface area contributed by atoms with Crippen molar-refractivity contribution in [3.8, 4) is 11.1 Å². The summed E-state index contributed by atoms with van der Waals surface area (Å²) in [6, 6.07) is 16.1. The number of rotatable bonds is 9. The SMILES string of the molecule is CCC(C)(CNC(=O)OCC1c2ccccc2-c2ccccc21)C(=O)NCC(C)(O)C(=O)O. The van der Waals surface area contributed by atoms with E-state index in [9.17, 15) is 19.5 Å². The molecule has 0 heterocycles. The van der Waals surface area contributed by atoms with Crippen LogP contribution >= 0.6 is 0 Å². The maximum absolute atomic E-state index is 12.6. The molecule has 2 aromatic rings. The van der Waals surface area contributed by atoms with Crippen LogP contribution in [0.1, 0.15) is 44.2 Å². The van der Waals surface area contributed by atoms with Gasteiger partial charge < -0.3 is 25.6 Å². The zero-order chi connectivity index (χ0) is 24.2. The Balaban J connectivity index is 1.57. The van der Waals surface area contributed by atoms with Gasteiger partial charge in [-0.2, -0.15) is 0 Å². The van der Waals surface area contributed by atoms with Gasteiger partial charge in [0.15, 0.2) is 5.60 Å². The highest BCUT2D eigenvalue weighted by Crippen LogP contribution is 2.44. The first-order chi connectivity index (χ1) is 15.6. The van der Waals surface area contributed by atoms with Crippen LogP contribution in [0.5, 0.6) is 0 Å². The molecule has 0 bridgehead atoms. The molecule has 4 N–H and O–H groups in total. The first-order valence-corrected chi connectivity index (χ1v) is 10.9. The molecule has 0 radical (unpaired) electrons. The summed E-state index contributed by atoms with van der Waals surface area (Å²) in [5.74, 6) is -1.97. The van der Waals surface area contributed by atoms with Gasteiger partial charge in [-0.1, -0.05) is 55.5 Å². The fourth-order valence-corrected chi connectivity index (χ4v) is 3.82. The third-order valence-corrected chi connectivity index (χ3v) is 6.35. The van der Waals surface area contributed by atoms with Gasteiger partial charge in [0.25, 0.3) is 0 Å². The van der Waals surface area contributed by atoms with Crippen LogP contribution in [-0.4, -0.2) is 53.5 Å². The number of amides is 2. The fraction of sp³-hybridized carbons (Fsp3) is 0.400. The first kappa shape index (κ1) is 24.3. The summed E-state index contributed by atoms with van der Waals surface area (Å²) in [6.45, 7) is 4.27. The molecule has 0 fully saturated rings. The predicted octanol–water partition coefficient (Wildman–Crippen LogP) is 2.89. The molecule has 0 saturated carbocycles. The number of carboxylic acids is 1. The van der Waals surface area contributed by atoms with Crippen LogP contribution in [0.2, 0.25) is 0 Å². The van der Waals surface area contributed by atoms with Gasteiger partial charge in [0.2, 0.25) is 5.91 Å². The van der Waals surface area contributed by atoms with Crippen molar-refractivity contribution >= 4 is 18.0 Å². The second-order valence-electron chi connectivity index (χ2n) is 8.85. The summed E-state index contributed by atoms with van der Waals surface area (Å²) in [5.41, 5.74) is 1.40. The molecular formula is C25H30N2O6. The van der Waals surface area contributed by atoms with E-state index in [2.05, 4.69) is 22.8 Å². The van der Waals surface area contributed by atoms with Crippen molar-refractivity contribution in [1.82, 2.24) is 10.6 Å². The van der Waals surface area contributed by atoms with Crippen LogP contribution in [-0.2, 0) is 14.3 Å². The van der Waals surface area contributed by atoms with Crippen LogP contribution in [0.3, 0.4) is 0 Å². The summed E-state index contributed by atoms with van der Waals surface area (Å²) < 4.78 is 5.51. The number of aliphatic hydroxyl groups is 1. The summed E-state index contributed by atoms with van der Waals surface area (Å²) in [7, 11) is 0. The van der Waals surface area contributed by atoms with Crippen molar-refractivity contribution < 1.29 is 29.3 Å². The number of fused-ring (bicyclic) bond motifs is 3. The van der Waals surface area contributed by atoms with Crippen molar-refractivity contribution in [2.45, 2.75) is 38.7 Å². The normalized spacial score (nSPS) is 16.0. The van der Waals surface area contributed by atoms with Crippen molar-refractivity contribution in [2.24, 2.45) is 5.41 Å². The number of benzene rings is 2. The van der Waals surface area contributed by atoms with Gasteiger partial charge in [-0.15, -0.1) is 0 Å². The molecule has 0 spiro atoms. The van der Waals surface area contributed by atoms with E-state index >= 15 is 0 Å². The number of nitrogens with one attached hydrogen (secondary N) is 2. The topological polar surface area (TPSA) is 125 Å². The van der Waals surface area contributed by atoms with Crippen molar-refractivity contribution in [1.29, 1.82) is 0 Å². The lowest BCUT2D eigenvalue weighted by atomic mass is 9.86. The monoisotopic (exact) mass is 454 g/mol. The first-order valence-electron chi connectivity index (χ1n) is 10.9. The third kappa shape index (κ3) is 5.17. The molecule has 176 valence electrons. The lowest BCUT2D eigenvalue weighted by molar-refractivity contribution is -0.156. The predicted molar refractivity (Wildman–Crippen MR) is 123 cm³/mol. The summed E-state index contributed by atoms with van der Waals surface area (Å²) in [4.78, 5) is 36.1. The Labute approximate surface area is 193 Å². The van der Waals surface area contributed by atoms with Gasteiger partial charge in [0.05, 0.1) is 12.0 Å². The van der Waals surface area contributed by atoms with Crippen LogP contribution in [0, 0.1) is 5.41 Å². The zero-order valence-electron chi connectivity index (χ0n) is 19.1. The van der Waals surface area contributed by atoms with Gasteiger partial charge in [0.1, 0.15) is 6.61 Å². The van der Waals surface area contributed by atoms with Crippen LogP contribution in [0.25, 0.3) is 11.1 Å². The summed E-state index contributed by atoms with van der Waals surface area (Å²) in [6.07, 6.45) is -0.251. The number of hydrogen-bond donors (Lipinski definition) is 4. The molecule has 2 atom stereocenters. The maximum atomic E-state index is 12.6. The number of aliphatic carboxylic acids is 1. The van der Waals surface area contributed by atoms with E-state index in [-0.39, 0.29) is 19.1 Å². The third-order valence-electron chi connectivity index (χ3n) is 6.35. The minimum absolute atomic E-state index is 0.00121. The number of carbonyl (C=O) groups excluding carboxylic acids is 2. The van der Waals surface area contributed by atoms with Crippen LogP contribution in [0.15, 0.2) is 48.5 Å².